The molecule has 0 aromatic carbocycles. The van der Waals surface area contributed by atoms with Gasteiger partial charge in [-0.05, 0) is 43.9 Å². The van der Waals surface area contributed by atoms with E-state index < -0.39 is 0 Å². The van der Waals surface area contributed by atoms with Crippen molar-refractivity contribution in [3.8, 4) is 0 Å². The summed E-state index contributed by atoms with van der Waals surface area (Å²) < 4.78 is 0. The van der Waals surface area contributed by atoms with Crippen LogP contribution in [0.5, 0.6) is 0 Å². The summed E-state index contributed by atoms with van der Waals surface area (Å²) >= 11 is 1.96. The quantitative estimate of drug-likeness (QED) is 0.748. The maximum Gasteiger partial charge on any atom is 0.0467 e. The Hall–Kier alpha value is -0.340. The molecule has 0 bridgehead atoms. The lowest BCUT2D eigenvalue weighted by molar-refractivity contribution is 0.223. The average molecular weight is 209 g/mol. The minimum Gasteiger partial charge on any atom is -0.312 e. The summed E-state index contributed by atoms with van der Waals surface area (Å²) in [4.78, 5) is 3.02. The van der Waals surface area contributed by atoms with Crippen molar-refractivity contribution in [3.05, 3.63) is 21.4 Å². The summed E-state index contributed by atoms with van der Waals surface area (Å²) in [6, 6.07) is 2.91. The summed E-state index contributed by atoms with van der Waals surface area (Å²) in [7, 11) is 2.08. The summed E-state index contributed by atoms with van der Waals surface area (Å²) in [5, 5.41) is 3.47. The lowest BCUT2D eigenvalue weighted by Crippen LogP contribution is -2.35. The van der Waals surface area contributed by atoms with Crippen LogP contribution in [0.3, 0.4) is 0 Å². The molecule has 0 amide bonds. The fourth-order valence-electron chi connectivity index (χ4n) is 2.50. The molecule has 14 heavy (non-hydrogen) atoms. The van der Waals surface area contributed by atoms with Crippen molar-refractivity contribution in [3.63, 3.8) is 0 Å². The largest absolute Gasteiger partial charge is 0.312 e. The van der Waals surface area contributed by atoms with Gasteiger partial charge in [-0.3, -0.25) is 0 Å². The molecule has 1 unspecified atom stereocenters. The van der Waals surface area contributed by atoms with Crippen molar-refractivity contribution in [2.45, 2.75) is 39.7 Å². The number of hydrogen-bond acceptors (Lipinski definition) is 2. The smallest absolute Gasteiger partial charge is 0.0467 e. The highest BCUT2D eigenvalue weighted by atomic mass is 32.1. The molecule has 1 heterocycles. The third-order valence-corrected chi connectivity index (χ3v) is 4.49. The van der Waals surface area contributed by atoms with Crippen LogP contribution in [0, 0.1) is 12.3 Å². The van der Waals surface area contributed by atoms with E-state index in [1.54, 1.807) is 10.4 Å². The maximum absolute atomic E-state index is 3.47. The number of thiophene rings is 1. The van der Waals surface area contributed by atoms with Gasteiger partial charge in [0.2, 0.25) is 0 Å². The van der Waals surface area contributed by atoms with Crippen molar-refractivity contribution < 1.29 is 0 Å². The highest BCUT2D eigenvalue weighted by molar-refractivity contribution is 7.12. The van der Waals surface area contributed by atoms with Gasteiger partial charge in [-0.1, -0.05) is 13.8 Å². The molecular weight excluding hydrogens is 190 g/mol. The zero-order valence-corrected chi connectivity index (χ0v) is 10.3. The van der Waals surface area contributed by atoms with Crippen LogP contribution in [0.25, 0.3) is 0 Å². The summed E-state index contributed by atoms with van der Waals surface area (Å²) in [5.41, 5.74) is 1.98. The predicted octanol–water partition coefficient (Wildman–Crippen LogP) is 3.29. The average Bonchev–Trinajstić information content (AvgIpc) is 2.44. The van der Waals surface area contributed by atoms with Gasteiger partial charge in [0.1, 0.15) is 0 Å². The van der Waals surface area contributed by atoms with E-state index in [2.05, 4.69) is 39.2 Å². The van der Waals surface area contributed by atoms with E-state index in [0.29, 0.717) is 11.5 Å². The maximum atomic E-state index is 3.47. The van der Waals surface area contributed by atoms with Crippen LogP contribution >= 0.6 is 11.3 Å². The summed E-state index contributed by atoms with van der Waals surface area (Å²) in [5.74, 6) is 0. The van der Waals surface area contributed by atoms with Crippen molar-refractivity contribution in [1.82, 2.24) is 5.32 Å². The van der Waals surface area contributed by atoms with E-state index in [0.717, 1.165) is 0 Å². The van der Waals surface area contributed by atoms with E-state index in [1.165, 1.54) is 17.7 Å². The van der Waals surface area contributed by atoms with E-state index in [9.17, 15) is 0 Å². The molecule has 0 fully saturated rings. The number of fused-ring (bicyclic) bond motifs is 1. The van der Waals surface area contributed by atoms with Gasteiger partial charge in [0.05, 0.1) is 0 Å². The molecule has 0 aliphatic heterocycles. The van der Waals surface area contributed by atoms with Gasteiger partial charge in [-0.15, -0.1) is 11.3 Å². The molecule has 1 atom stereocenters. The van der Waals surface area contributed by atoms with Crippen LogP contribution in [-0.4, -0.2) is 7.05 Å². The molecule has 1 nitrogen and oxygen atoms in total. The fraction of sp³-hybridized carbons (Fsp3) is 0.667. The van der Waals surface area contributed by atoms with Gasteiger partial charge in [0.15, 0.2) is 0 Å². The highest BCUT2D eigenvalue weighted by Gasteiger charge is 2.35. The first-order chi connectivity index (χ1) is 6.54. The van der Waals surface area contributed by atoms with Crippen LogP contribution in [-0.2, 0) is 6.42 Å². The molecule has 1 aliphatic carbocycles. The molecule has 2 rings (SSSR count). The third kappa shape index (κ3) is 1.51. The number of rotatable bonds is 1. The number of nitrogens with one attached hydrogen (secondary N) is 1. The standard InChI is InChI=1S/C12H19NS/c1-8-7-9-5-6-12(2,3)11(13-4)10(9)14-8/h7,11,13H,5-6H2,1-4H3. The Labute approximate surface area is 90.5 Å². The van der Waals surface area contributed by atoms with Gasteiger partial charge in [-0.2, -0.15) is 0 Å². The van der Waals surface area contributed by atoms with E-state index in [4.69, 9.17) is 0 Å². The second kappa shape index (κ2) is 3.35. The van der Waals surface area contributed by atoms with E-state index in [-0.39, 0.29) is 0 Å². The minimum atomic E-state index is 0.402. The van der Waals surface area contributed by atoms with Gasteiger partial charge >= 0.3 is 0 Å². The van der Waals surface area contributed by atoms with Crippen molar-refractivity contribution >= 4 is 11.3 Å². The van der Waals surface area contributed by atoms with Crippen LogP contribution in [0.15, 0.2) is 6.07 Å². The molecular formula is C12H19NS. The van der Waals surface area contributed by atoms with Gasteiger partial charge < -0.3 is 5.32 Å². The Morgan fingerprint density at radius 2 is 2.21 bits per heavy atom. The van der Waals surface area contributed by atoms with Crippen molar-refractivity contribution in [2.75, 3.05) is 7.05 Å². The highest BCUT2D eigenvalue weighted by Crippen LogP contribution is 2.46. The molecule has 0 saturated heterocycles. The number of aryl methyl sites for hydroxylation is 2. The zero-order chi connectivity index (χ0) is 10.3. The first kappa shape index (κ1) is 10.2. The Morgan fingerprint density at radius 1 is 1.50 bits per heavy atom. The van der Waals surface area contributed by atoms with Gasteiger partial charge in [0.25, 0.3) is 0 Å². The minimum absolute atomic E-state index is 0.402. The molecule has 1 aromatic rings. The number of hydrogen-bond donors (Lipinski definition) is 1. The van der Waals surface area contributed by atoms with Crippen LogP contribution in [0.2, 0.25) is 0 Å². The molecule has 1 aromatic heterocycles. The molecule has 1 N–H and O–H groups in total. The monoisotopic (exact) mass is 209 g/mol. The Morgan fingerprint density at radius 3 is 2.86 bits per heavy atom. The molecule has 0 radical (unpaired) electrons. The molecule has 1 aliphatic rings. The van der Waals surface area contributed by atoms with Gasteiger partial charge in [-0.25, -0.2) is 0 Å². The van der Waals surface area contributed by atoms with Crippen LogP contribution in [0.1, 0.15) is 41.6 Å². The Bertz CT molecular complexity index is 338. The SMILES string of the molecule is CNC1c2sc(C)cc2CCC1(C)C. The second-order valence-electron chi connectivity index (χ2n) is 4.96. The second-order valence-corrected chi connectivity index (χ2v) is 6.24. The molecule has 0 saturated carbocycles. The Kier molecular flexibility index (Phi) is 2.44. The topological polar surface area (TPSA) is 12.0 Å². The summed E-state index contributed by atoms with van der Waals surface area (Å²) in [6.07, 6.45) is 2.55. The fourth-order valence-corrected chi connectivity index (χ4v) is 3.90. The van der Waals surface area contributed by atoms with E-state index >= 15 is 0 Å². The zero-order valence-electron chi connectivity index (χ0n) is 9.48. The first-order valence-corrected chi connectivity index (χ1v) is 6.13. The van der Waals surface area contributed by atoms with Crippen molar-refractivity contribution in [2.24, 2.45) is 5.41 Å². The normalized spacial score (nSPS) is 24.7. The lowest BCUT2D eigenvalue weighted by atomic mass is 9.74. The Balaban J connectivity index is 2.44. The first-order valence-electron chi connectivity index (χ1n) is 5.31. The van der Waals surface area contributed by atoms with E-state index in [1.807, 2.05) is 11.3 Å². The lowest BCUT2D eigenvalue weighted by Gasteiger charge is -2.38. The van der Waals surface area contributed by atoms with Crippen LogP contribution < -0.4 is 5.32 Å². The van der Waals surface area contributed by atoms with Gasteiger partial charge in [0, 0.05) is 15.8 Å². The summed E-state index contributed by atoms with van der Waals surface area (Å²) in [6.45, 7) is 6.95. The molecule has 78 valence electrons. The molecule has 0 spiro atoms. The van der Waals surface area contributed by atoms with Crippen molar-refractivity contribution in [1.29, 1.82) is 0 Å². The van der Waals surface area contributed by atoms with Crippen LogP contribution in [0.4, 0.5) is 0 Å². The predicted molar refractivity (Wildman–Crippen MR) is 63.0 cm³/mol. The molecule has 2 heteroatoms. The third-order valence-electron chi connectivity index (χ3n) is 3.34.